The number of rotatable bonds is 5. The number of para-hydroxylation sites is 2. The summed E-state index contributed by atoms with van der Waals surface area (Å²) < 4.78 is 13.3. The van der Waals surface area contributed by atoms with Crippen molar-refractivity contribution in [2.24, 2.45) is 5.92 Å². The highest BCUT2D eigenvalue weighted by atomic mass is 19.1. The summed E-state index contributed by atoms with van der Waals surface area (Å²) in [5, 5.41) is 2.87. The van der Waals surface area contributed by atoms with E-state index < -0.39 is 5.92 Å². The van der Waals surface area contributed by atoms with Crippen molar-refractivity contribution < 1.29 is 18.8 Å². The first kappa shape index (κ1) is 23.5. The third-order valence-electron chi connectivity index (χ3n) is 6.74. The number of carbonyl (C=O) groups excluding carboxylic acids is 3. The summed E-state index contributed by atoms with van der Waals surface area (Å²) >= 11 is 0. The minimum atomic E-state index is -0.569. The van der Waals surface area contributed by atoms with Gasteiger partial charge in [0.2, 0.25) is 11.8 Å². The first-order chi connectivity index (χ1) is 17.5. The minimum Gasteiger partial charge on any atom is -0.368 e. The van der Waals surface area contributed by atoms with Crippen molar-refractivity contribution in [2.75, 3.05) is 47.8 Å². The Morgan fingerprint density at radius 1 is 0.806 bits per heavy atom. The van der Waals surface area contributed by atoms with Crippen LogP contribution in [0, 0.1) is 11.7 Å². The zero-order chi connectivity index (χ0) is 25.1. The van der Waals surface area contributed by atoms with Crippen molar-refractivity contribution in [1.29, 1.82) is 0 Å². The fourth-order valence-corrected chi connectivity index (χ4v) is 4.74. The molecule has 1 atom stereocenters. The van der Waals surface area contributed by atoms with Crippen LogP contribution in [0.15, 0.2) is 78.9 Å². The number of halogens is 1. The molecule has 3 aromatic carbocycles. The maximum Gasteiger partial charge on any atom is 0.256 e. The lowest BCUT2D eigenvalue weighted by molar-refractivity contribution is -0.122. The predicted molar refractivity (Wildman–Crippen MR) is 136 cm³/mol. The quantitative estimate of drug-likeness (QED) is 0.596. The fraction of sp³-hybridized carbons (Fsp3) is 0.250. The number of nitrogens with one attached hydrogen (secondary N) is 1. The molecule has 2 saturated heterocycles. The topological polar surface area (TPSA) is 73.0 Å². The van der Waals surface area contributed by atoms with E-state index in [9.17, 15) is 18.8 Å². The number of amides is 3. The van der Waals surface area contributed by atoms with E-state index in [0.717, 1.165) is 18.8 Å². The summed E-state index contributed by atoms with van der Waals surface area (Å²) in [5.74, 6) is -1.60. The van der Waals surface area contributed by atoms with Gasteiger partial charge in [-0.25, -0.2) is 4.39 Å². The van der Waals surface area contributed by atoms with Gasteiger partial charge in [-0.05, 0) is 48.5 Å². The lowest BCUT2D eigenvalue weighted by atomic mass is 10.1. The number of anilines is 3. The normalized spacial score (nSPS) is 17.9. The summed E-state index contributed by atoms with van der Waals surface area (Å²) in [5.41, 5.74) is 2.56. The molecule has 3 amide bonds. The minimum absolute atomic E-state index is 0.0563. The lowest BCUT2D eigenvalue weighted by Gasteiger charge is -2.36. The van der Waals surface area contributed by atoms with Gasteiger partial charge in [0.15, 0.2) is 0 Å². The monoisotopic (exact) mass is 486 g/mol. The fourth-order valence-electron chi connectivity index (χ4n) is 4.74. The van der Waals surface area contributed by atoms with Gasteiger partial charge in [-0.15, -0.1) is 0 Å². The van der Waals surface area contributed by atoms with Crippen LogP contribution in [0.1, 0.15) is 16.8 Å². The average molecular weight is 487 g/mol. The molecule has 0 aromatic heterocycles. The first-order valence-electron chi connectivity index (χ1n) is 12.0. The molecule has 5 rings (SSSR count). The van der Waals surface area contributed by atoms with Crippen LogP contribution in [0.5, 0.6) is 0 Å². The molecule has 0 bridgehead atoms. The molecule has 36 heavy (non-hydrogen) atoms. The second-order valence-corrected chi connectivity index (χ2v) is 9.03. The molecule has 2 fully saturated rings. The van der Waals surface area contributed by atoms with Crippen molar-refractivity contribution >= 4 is 34.8 Å². The number of carbonyl (C=O) groups is 3. The summed E-state index contributed by atoms with van der Waals surface area (Å²) in [6.45, 7) is 2.83. The van der Waals surface area contributed by atoms with Gasteiger partial charge in [0.05, 0.1) is 17.2 Å². The van der Waals surface area contributed by atoms with Crippen LogP contribution in [0.3, 0.4) is 0 Å². The van der Waals surface area contributed by atoms with Gasteiger partial charge in [-0.2, -0.15) is 0 Å². The smallest absolute Gasteiger partial charge is 0.256 e. The van der Waals surface area contributed by atoms with Crippen molar-refractivity contribution in [3.63, 3.8) is 0 Å². The van der Waals surface area contributed by atoms with E-state index in [-0.39, 0.29) is 36.5 Å². The van der Waals surface area contributed by atoms with E-state index in [1.165, 1.54) is 29.2 Å². The molecule has 1 N–H and O–H groups in total. The van der Waals surface area contributed by atoms with E-state index in [1.54, 1.807) is 29.2 Å². The van der Waals surface area contributed by atoms with Crippen LogP contribution in [-0.4, -0.2) is 55.3 Å². The molecule has 184 valence electrons. The number of hydrogen-bond donors (Lipinski definition) is 1. The molecule has 2 aliphatic heterocycles. The molecule has 0 radical (unpaired) electrons. The second kappa shape index (κ2) is 10.2. The van der Waals surface area contributed by atoms with Gasteiger partial charge < -0.3 is 20.0 Å². The molecule has 7 nitrogen and oxygen atoms in total. The van der Waals surface area contributed by atoms with E-state index in [0.29, 0.717) is 30.0 Å². The number of hydrogen-bond acceptors (Lipinski definition) is 4. The molecule has 0 unspecified atom stereocenters. The molecular formula is C28H27FN4O3. The summed E-state index contributed by atoms with van der Waals surface area (Å²) in [7, 11) is 0. The Kier molecular flexibility index (Phi) is 6.66. The van der Waals surface area contributed by atoms with Crippen molar-refractivity contribution in [1.82, 2.24) is 4.90 Å². The maximum absolute atomic E-state index is 13.3. The van der Waals surface area contributed by atoms with Crippen LogP contribution in [0.2, 0.25) is 0 Å². The molecule has 8 heteroatoms. The van der Waals surface area contributed by atoms with Gasteiger partial charge in [0.25, 0.3) is 5.91 Å². The zero-order valence-electron chi connectivity index (χ0n) is 19.8. The van der Waals surface area contributed by atoms with Crippen LogP contribution >= 0.6 is 0 Å². The summed E-state index contributed by atoms with van der Waals surface area (Å²) in [4.78, 5) is 44.5. The highest BCUT2D eigenvalue weighted by molar-refractivity contribution is 6.07. The van der Waals surface area contributed by atoms with Crippen LogP contribution in [0.4, 0.5) is 21.5 Å². The molecule has 3 aromatic rings. The van der Waals surface area contributed by atoms with Gasteiger partial charge in [-0.1, -0.05) is 30.3 Å². The number of piperazine rings is 1. The highest BCUT2D eigenvalue weighted by Gasteiger charge is 2.35. The van der Waals surface area contributed by atoms with Gasteiger partial charge >= 0.3 is 0 Å². The molecule has 0 spiro atoms. The maximum atomic E-state index is 13.3. The van der Waals surface area contributed by atoms with Gasteiger partial charge in [0.1, 0.15) is 5.82 Å². The molecule has 0 saturated carbocycles. The van der Waals surface area contributed by atoms with E-state index in [2.05, 4.69) is 22.3 Å². The third kappa shape index (κ3) is 4.93. The first-order valence-corrected chi connectivity index (χ1v) is 12.0. The molecular weight excluding hydrogens is 459 g/mol. The Hall–Kier alpha value is -4.20. The van der Waals surface area contributed by atoms with E-state index in [1.807, 2.05) is 18.2 Å². The van der Waals surface area contributed by atoms with E-state index >= 15 is 0 Å². The summed E-state index contributed by atoms with van der Waals surface area (Å²) in [6, 6.07) is 22.7. The molecule has 0 aliphatic carbocycles. The Morgan fingerprint density at radius 3 is 2.19 bits per heavy atom. The zero-order valence-corrected chi connectivity index (χ0v) is 19.8. The van der Waals surface area contributed by atoms with Crippen LogP contribution in [-0.2, 0) is 9.59 Å². The highest BCUT2D eigenvalue weighted by Crippen LogP contribution is 2.27. The Bertz CT molecular complexity index is 1260. The molecule has 2 heterocycles. The lowest BCUT2D eigenvalue weighted by Crippen LogP contribution is -2.49. The SMILES string of the molecule is O=C(Nc1ccccc1C(=O)N1CCN(c2ccccc2)CC1)[C@H]1CC(=O)N(c2ccc(F)cc2)C1. The second-order valence-electron chi connectivity index (χ2n) is 9.03. The average Bonchev–Trinajstić information content (AvgIpc) is 3.31. The van der Waals surface area contributed by atoms with Crippen LogP contribution < -0.4 is 15.1 Å². The van der Waals surface area contributed by atoms with Gasteiger partial charge in [-0.3, -0.25) is 14.4 Å². The number of nitrogens with zero attached hydrogens (tertiary/aromatic N) is 3. The standard InChI is InChI=1S/C28H27FN4O3/c29-21-10-12-23(13-11-21)33-19-20(18-26(33)34)27(35)30-25-9-5-4-8-24(25)28(36)32-16-14-31(15-17-32)22-6-2-1-3-7-22/h1-13,20H,14-19H2,(H,30,35)/t20-/m0/s1. The van der Waals surface area contributed by atoms with Crippen molar-refractivity contribution in [3.05, 3.63) is 90.2 Å². The predicted octanol–water partition coefficient (Wildman–Crippen LogP) is 3.78. The van der Waals surface area contributed by atoms with Crippen molar-refractivity contribution in [2.45, 2.75) is 6.42 Å². The summed E-state index contributed by atoms with van der Waals surface area (Å²) in [6.07, 6.45) is 0.0563. The van der Waals surface area contributed by atoms with Crippen molar-refractivity contribution in [3.8, 4) is 0 Å². The Balaban J connectivity index is 1.23. The Morgan fingerprint density at radius 2 is 1.47 bits per heavy atom. The van der Waals surface area contributed by atoms with Gasteiger partial charge in [0, 0.05) is 50.5 Å². The van der Waals surface area contributed by atoms with Crippen LogP contribution in [0.25, 0.3) is 0 Å². The largest absolute Gasteiger partial charge is 0.368 e. The van der Waals surface area contributed by atoms with E-state index in [4.69, 9.17) is 0 Å². The number of benzene rings is 3. The Labute approximate surface area is 209 Å². The third-order valence-corrected chi connectivity index (χ3v) is 6.74. The molecule has 2 aliphatic rings.